The van der Waals surface area contributed by atoms with E-state index in [2.05, 4.69) is 175 Å². The molecule has 7 aromatic rings. The second kappa shape index (κ2) is 13.5. The highest BCUT2D eigenvalue weighted by atomic mass is 15.0. The van der Waals surface area contributed by atoms with E-state index in [0.29, 0.717) is 18.2 Å². The lowest BCUT2D eigenvalue weighted by atomic mass is 9.72. The van der Waals surface area contributed by atoms with Gasteiger partial charge in [-0.25, -0.2) is 9.98 Å². The van der Waals surface area contributed by atoms with E-state index >= 15 is 0 Å². The van der Waals surface area contributed by atoms with Crippen LogP contribution in [0.5, 0.6) is 0 Å². The molecule has 0 bridgehead atoms. The lowest BCUT2D eigenvalue weighted by Gasteiger charge is -2.32. The van der Waals surface area contributed by atoms with Crippen LogP contribution in [0, 0.1) is 5.41 Å². The van der Waals surface area contributed by atoms with Crippen molar-refractivity contribution in [1.82, 2.24) is 4.57 Å². The molecule has 0 saturated heterocycles. The summed E-state index contributed by atoms with van der Waals surface area (Å²) < 4.78 is 2.30. The molecule has 254 valence electrons. The molecule has 0 radical (unpaired) electrons. The van der Waals surface area contributed by atoms with E-state index in [1.54, 1.807) is 0 Å². The number of aromatic nitrogens is 1. The first-order valence-corrected chi connectivity index (χ1v) is 18.1. The molecule has 0 fully saturated rings. The first kappa shape index (κ1) is 32.3. The standard InChI is InChI=1S/C49H38N4/c1-49-28-13-12-16-40(49)32-38(27-29-49)36-23-24-37-31-39(26-25-35(37)30-36)47(51-33-34-14-4-3-5-15-34)52-48(50-2)43-19-8-11-22-46(43)53-44-20-9-6-17-41(44)42-18-7-10-21-45(42)53/h3-28,30-32H,2,29,33H2,1H3. The quantitative estimate of drug-likeness (QED) is 0.124. The Bertz CT molecular complexity index is 2700. The van der Waals surface area contributed by atoms with Gasteiger partial charge in [0.25, 0.3) is 0 Å². The maximum absolute atomic E-state index is 5.22. The first-order valence-electron chi connectivity index (χ1n) is 18.1. The summed E-state index contributed by atoms with van der Waals surface area (Å²) in [4.78, 5) is 14.9. The highest BCUT2D eigenvalue weighted by Crippen LogP contribution is 2.42. The van der Waals surface area contributed by atoms with Crippen LogP contribution >= 0.6 is 0 Å². The molecular formula is C49H38N4. The third-order valence-electron chi connectivity index (χ3n) is 10.6. The van der Waals surface area contributed by atoms with Crippen molar-refractivity contribution in [3.05, 3.63) is 204 Å². The van der Waals surface area contributed by atoms with E-state index in [1.165, 1.54) is 32.9 Å². The molecule has 0 N–H and O–H groups in total. The summed E-state index contributed by atoms with van der Waals surface area (Å²) in [6.45, 7) is 6.82. The molecule has 1 heterocycles. The van der Waals surface area contributed by atoms with Crippen molar-refractivity contribution < 1.29 is 0 Å². The smallest absolute Gasteiger partial charge is 0.163 e. The van der Waals surface area contributed by atoms with E-state index in [1.807, 2.05) is 24.3 Å². The van der Waals surface area contributed by atoms with Crippen molar-refractivity contribution in [3.8, 4) is 5.69 Å². The van der Waals surface area contributed by atoms with Gasteiger partial charge in [-0.05, 0) is 82.6 Å². The maximum atomic E-state index is 5.22. The number of amidine groups is 2. The van der Waals surface area contributed by atoms with Gasteiger partial charge < -0.3 is 4.57 Å². The van der Waals surface area contributed by atoms with Crippen molar-refractivity contribution in [2.75, 3.05) is 0 Å². The van der Waals surface area contributed by atoms with Gasteiger partial charge in [0.05, 0.1) is 23.3 Å². The van der Waals surface area contributed by atoms with Gasteiger partial charge >= 0.3 is 0 Å². The molecule has 4 heteroatoms. The number of hydrogen-bond acceptors (Lipinski definition) is 1. The maximum Gasteiger partial charge on any atom is 0.163 e. The van der Waals surface area contributed by atoms with Gasteiger partial charge in [0.2, 0.25) is 0 Å². The molecule has 0 aliphatic heterocycles. The Morgan fingerprint density at radius 1 is 0.717 bits per heavy atom. The molecule has 1 unspecified atom stereocenters. The molecule has 0 saturated carbocycles. The van der Waals surface area contributed by atoms with Crippen molar-refractivity contribution >= 4 is 56.5 Å². The minimum absolute atomic E-state index is 0.0725. The summed E-state index contributed by atoms with van der Waals surface area (Å²) >= 11 is 0. The van der Waals surface area contributed by atoms with Gasteiger partial charge in [0, 0.05) is 27.3 Å². The Kier molecular flexibility index (Phi) is 8.21. The van der Waals surface area contributed by atoms with Gasteiger partial charge in [0.1, 0.15) is 0 Å². The van der Waals surface area contributed by atoms with Crippen LogP contribution in [0.25, 0.3) is 43.8 Å². The molecule has 53 heavy (non-hydrogen) atoms. The Balaban J connectivity index is 1.14. The lowest BCUT2D eigenvalue weighted by molar-refractivity contribution is 0.528. The second-order valence-corrected chi connectivity index (χ2v) is 14.0. The van der Waals surface area contributed by atoms with Crippen LogP contribution in [-0.4, -0.2) is 23.0 Å². The van der Waals surface area contributed by atoms with E-state index in [0.717, 1.165) is 45.2 Å². The van der Waals surface area contributed by atoms with Crippen LogP contribution in [0.15, 0.2) is 197 Å². The Labute approximate surface area is 309 Å². The monoisotopic (exact) mass is 682 g/mol. The molecule has 1 aromatic heterocycles. The molecule has 0 spiro atoms. The predicted molar refractivity (Wildman–Crippen MR) is 225 cm³/mol. The summed E-state index contributed by atoms with van der Waals surface area (Å²) in [5, 5.41) is 4.70. The summed E-state index contributed by atoms with van der Waals surface area (Å²) in [6.07, 6.45) is 14.5. The van der Waals surface area contributed by atoms with Crippen LogP contribution in [0.1, 0.15) is 35.6 Å². The van der Waals surface area contributed by atoms with Gasteiger partial charge in [0.15, 0.2) is 11.7 Å². The zero-order chi connectivity index (χ0) is 35.8. The summed E-state index contributed by atoms with van der Waals surface area (Å²) in [6, 6.07) is 48.8. The van der Waals surface area contributed by atoms with E-state index in [9.17, 15) is 0 Å². The number of benzene rings is 6. The molecule has 0 amide bonds. The number of para-hydroxylation sites is 3. The molecule has 9 rings (SSSR count). The van der Waals surface area contributed by atoms with Crippen molar-refractivity contribution in [2.24, 2.45) is 20.4 Å². The summed E-state index contributed by atoms with van der Waals surface area (Å²) in [7, 11) is 0. The zero-order valence-electron chi connectivity index (χ0n) is 29.7. The van der Waals surface area contributed by atoms with E-state index < -0.39 is 0 Å². The second-order valence-electron chi connectivity index (χ2n) is 14.0. The number of nitrogens with zero attached hydrogens (tertiary/aromatic N) is 4. The zero-order valence-corrected chi connectivity index (χ0v) is 29.7. The van der Waals surface area contributed by atoms with Gasteiger partial charge in [-0.15, -0.1) is 0 Å². The Morgan fingerprint density at radius 3 is 2.21 bits per heavy atom. The van der Waals surface area contributed by atoms with Crippen LogP contribution in [-0.2, 0) is 6.54 Å². The van der Waals surface area contributed by atoms with Crippen molar-refractivity contribution in [3.63, 3.8) is 0 Å². The minimum atomic E-state index is 0.0725. The number of allylic oxidation sites excluding steroid dienone is 8. The third kappa shape index (κ3) is 5.98. The fourth-order valence-corrected chi connectivity index (χ4v) is 7.69. The van der Waals surface area contributed by atoms with Gasteiger partial charge in [-0.2, -0.15) is 0 Å². The largest absolute Gasteiger partial charge is 0.309 e. The molecular weight excluding hydrogens is 645 g/mol. The number of rotatable bonds is 6. The molecule has 4 nitrogen and oxygen atoms in total. The van der Waals surface area contributed by atoms with Crippen LogP contribution in [0.4, 0.5) is 0 Å². The molecule has 6 aromatic carbocycles. The average Bonchev–Trinajstić information content (AvgIpc) is 3.55. The Morgan fingerprint density at radius 2 is 1.42 bits per heavy atom. The molecule has 2 aliphatic rings. The van der Waals surface area contributed by atoms with Gasteiger partial charge in [-0.3, -0.25) is 4.99 Å². The number of aliphatic imine (C=N–C) groups is 3. The fraction of sp³-hybridized carbons (Fsp3) is 0.0816. The topological polar surface area (TPSA) is 42.0 Å². The first-order chi connectivity index (χ1) is 26.1. The van der Waals surface area contributed by atoms with Crippen LogP contribution in [0.2, 0.25) is 0 Å². The fourth-order valence-electron chi connectivity index (χ4n) is 7.69. The number of hydrogen-bond donors (Lipinski definition) is 0. The van der Waals surface area contributed by atoms with Crippen LogP contribution in [0.3, 0.4) is 0 Å². The van der Waals surface area contributed by atoms with Crippen molar-refractivity contribution in [1.29, 1.82) is 0 Å². The highest BCUT2D eigenvalue weighted by Gasteiger charge is 2.28. The van der Waals surface area contributed by atoms with E-state index in [4.69, 9.17) is 9.98 Å². The highest BCUT2D eigenvalue weighted by molar-refractivity contribution is 6.16. The summed E-state index contributed by atoms with van der Waals surface area (Å²) in [5.74, 6) is 1.12. The predicted octanol–water partition coefficient (Wildman–Crippen LogP) is 11.9. The molecule has 2 aliphatic carbocycles. The van der Waals surface area contributed by atoms with Crippen molar-refractivity contribution in [2.45, 2.75) is 19.9 Å². The lowest BCUT2D eigenvalue weighted by Crippen LogP contribution is -2.18. The number of fused-ring (bicyclic) bond motifs is 5. The van der Waals surface area contributed by atoms with Crippen LogP contribution < -0.4 is 0 Å². The minimum Gasteiger partial charge on any atom is -0.309 e. The average molecular weight is 683 g/mol. The normalized spacial score (nSPS) is 17.2. The SMILES string of the molecule is C=NC(=NC(=NCc1ccccc1)c1ccc2cc(C3=CCC4(C)C=CC=CC4=C3)ccc2c1)c1ccccc1-n1c2ccccc2c2ccccc21. The molecule has 1 atom stereocenters. The van der Waals surface area contributed by atoms with E-state index in [-0.39, 0.29) is 5.41 Å². The summed E-state index contributed by atoms with van der Waals surface area (Å²) in [5.41, 5.74) is 10.1. The van der Waals surface area contributed by atoms with Gasteiger partial charge in [-0.1, -0.05) is 147 Å². The Hall–Kier alpha value is -6.65. The third-order valence-corrected chi connectivity index (χ3v) is 10.6.